The molecule has 2 aromatic rings. The normalized spacial score (nSPS) is 12.1. The molecule has 106 valence electrons. The molecule has 0 bridgehead atoms. The van der Waals surface area contributed by atoms with E-state index >= 15 is 0 Å². The van der Waals surface area contributed by atoms with Gasteiger partial charge in [0.15, 0.2) is 0 Å². The van der Waals surface area contributed by atoms with E-state index in [9.17, 15) is 0 Å². The summed E-state index contributed by atoms with van der Waals surface area (Å²) in [6.45, 7) is 1.15. The molecule has 0 saturated heterocycles. The average Bonchev–Trinajstić information content (AvgIpc) is 2.50. The highest BCUT2D eigenvalue weighted by molar-refractivity contribution is 14.1. The summed E-state index contributed by atoms with van der Waals surface area (Å²) in [5, 5.41) is 0. The highest BCUT2D eigenvalue weighted by atomic mass is 127. The summed E-state index contributed by atoms with van der Waals surface area (Å²) in [6.07, 6.45) is 0.114. The Bertz CT molecular complexity index is 502. The fourth-order valence-electron chi connectivity index (χ4n) is 1.77. The zero-order valence-corrected chi connectivity index (χ0v) is 14.7. The van der Waals surface area contributed by atoms with Crippen molar-refractivity contribution in [2.45, 2.75) is 6.10 Å². The van der Waals surface area contributed by atoms with Crippen LogP contribution in [0.25, 0.3) is 0 Å². The van der Waals surface area contributed by atoms with Crippen LogP contribution in [0.3, 0.4) is 0 Å². The highest BCUT2D eigenvalue weighted by Crippen LogP contribution is 2.22. The van der Waals surface area contributed by atoms with Crippen LogP contribution in [0.4, 0.5) is 0 Å². The lowest BCUT2D eigenvalue weighted by atomic mass is 10.1. The standard InChI is InChI=1S/C16H16BrIO2/c17-14-8-6-13(7-9-14)16(12-18)20-11-10-19-15-4-2-1-3-5-15/h1-9,16H,10-12H2. The van der Waals surface area contributed by atoms with Gasteiger partial charge in [-0.3, -0.25) is 0 Å². The van der Waals surface area contributed by atoms with Gasteiger partial charge in [-0.25, -0.2) is 0 Å². The predicted molar refractivity (Wildman–Crippen MR) is 93.7 cm³/mol. The van der Waals surface area contributed by atoms with E-state index in [1.807, 2.05) is 42.5 Å². The lowest BCUT2D eigenvalue weighted by Crippen LogP contribution is -2.12. The first-order valence-corrected chi connectivity index (χ1v) is 8.72. The molecule has 2 nitrogen and oxygen atoms in total. The van der Waals surface area contributed by atoms with Crippen LogP contribution in [0.15, 0.2) is 59.1 Å². The molecular weight excluding hydrogens is 431 g/mol. The lowest BCUT2D eigenvalue weighted by molar-refractivity contribution is 0.0483. The van der Waals surface area contributed by atoms with Gasteiger partial charge in [-0.15, -0.1) is 0 Å². The second kappa shape index (κ2) is 8.64. The van der Waals surface area contributed by atoms with E-state index in [-0.39, 0.29) is 6.10 Å². The Labute approximate surface area is 141 Å². The number of ether oxygens (including phenoxy) is 2. The van der Waals surface area contributed by atoms with Crippen molar-refractivity contribution in [2.75, 3.05) is 17.6 Å². The van der Waals surface area contributed by atoms with Crippen molar-refractivity contribution in [1.29, 1.82) is 0 Å². The van der Waals surface area contributed by atoms with Crippen molar-refractivity contribution < 1.29 is 9.47 Å². The number of para-hydroxylation sites is 1. The Morgan fingerprint density at radius 3 is 2.30 bits per heavy atom. The molecule has 2 rings (SSSR count). The van der Waals surface area contributed by atoms with E-state index in [4.69, 9.17) is 9.47 Å². The number of hydrogen-bond donors (Lipinski definition) is 0. The first-order valence-electron chi connectivity index (χ1n) is 6.40. The van der Waals surface area contributed by atoms with Gasteiger partial charge in [0.1, 0.15) is 12.4 Å². The van der Waals surface area contributed by atoms with E-state index in [2.05, 4.69) is 50.7 Å². The first-order chi connectivity index (χ1) is 9.79. The molecule has 1 unspecified atom stereocenters. The Balaban J connectivity index is 1.78. The average molecular weight is 447 g/mol. The van der Waals surface area contributed by atoms with Crippen LogP contribution in [-0.4, -0.2) is 17.6 Å². The maximum absolute atomic E-state index is 5.89. The molecule has 20 heavy (non-hydrogen) atoms. The van der Waals surface area contributed by atoms with E-state index in [0.717, 1.165) is 14.6 Å². The largest absolute Gasteiger partial charge is 0.491 e. The third kappa shape index (κ3) is 5.07. The summed E-state index contributed by atoms with van der Waals surface area (Å²) in [7, 11) is 0. The van der Waals surface area contributed by atoms with Gasteiger partial charge in [-0.05, 0) is 29.8 Å². The van der Waals surface area contributed by atoms with Gasteiger partial charge in [-0.2, -0.15) is 0 Å². The molecule has 0 N–H and O–H groups in total. The molecule has 0 radical (unpaired) electrons. The van der Waals surface area contributed by atoms with Gasteiger partial charge in [0.2, 0.25) is 0 Å². The highest BCUT2D eigenvalue weighted by Gasteiger charge is 2.10. The van der Waals surface area contributed by atoms with Gasteiger partial charge >= 0.3 is 0 Å². The number of alkyl halides is 1. The summed E-state index contributed by atoms with van der Waals surface area (Å²) in [4.78, 5) is 0. The van der Waals surface area contributed by atoms with Crippen LogP contribution in [0, 0.1) is 0 Å². The summed E-state index contributed by atoms with van der Waals surface area (Å²) in [6, 6.07) is 18.1. The SMILES string of the molecule is Brc1ccc(C(CI)OCCOc2ccccc2)cc1. The summed E-state index contributed by atoms with van der Waals surface area (Å²) in [5.74, 6) is 0.880. The maximum Gasteiger partial charge on any atom is 0.119 e. The molecule has 0 saturated carbocycles. The van der Waals surface area contributed by atoms with Gasteiger partial charge < -0.3 is 9.47 Å². The zero-order valence-electron chi connectivity index (χ0n) is 11.0. The summed E-state index contributed by atoms with van der Waals surface area (Å²) < 4.78 is 13.5. The lowest BCUT2D eigenvalue weighted by Gasteiger charge is -2.16. The third-order valence-electron chi connectivity index (χ3n) is 2.80. The van der Waals surface area contributed by atoms with Crippen LogP contribution in [0.2, 0.25) is 0 Å². The minimum atomic E-state index is 0.114. The summed E-state index contributed by atoms with van der Waals surface area (Å²) >= 11 is 5.79. The summed E-state index contributed by atoms with van der Waals surface area (Å²) in [5.41, 5.74) is 1.20. The molecule has 0 aliphatic rings. The predicted octanol–water partition coefficient (Wildman–Crippen LogP) is 5.02. The Kier molecular flexibility index (Phi) is 6.82. The van der Waals surface area contributed by atoms with E-state index < -0.39 is 0 Å². The number of hydrogen-bond acceptors (Lipinski definition) is 2. The van der Waals surface area contributed by atoms with Crippen molar-refractivity contribution in [2.24, 2.45) is 0 Å². The first kappa shape index (κ1) is 15.8. The van der Waals surface area contributed by atoms with Crippen molar-refractivity contribution in [3.05, 3.63) is 64.6 Å². The van der Waals surface area contributed by atoms with E-state index in [0.29, 0.717) is 13.2 Å². The molecule has 4 heteroatoms. The quantitative estimate of drug-likeness (QED) is 0.337. The fraction of sp³-hybridized carbons (Fsp3) is 0.250. The molecular formula is C16H16BrIO2. The Hall–Kier alpha value is -0.590. The van der Waals surface area contributed by atoms with E-state index in [1.54, 1.807) is 0 Å². The third-order valence-corrected chi connectivity index (χ3v) is 4.12. The molecule has 0 aliphatic heterocycles. The van der Waals surface area contributed by atoms with Crippen LogP contribution in [0.1, 0.15) is 11.7 Å². The second-order valence-electron chi connectivity index (χ2n) is 4.23. The fourth-order valence-corrected chi connectivity index (χ4v) is 2.80. The molecule has 1 atom stereocenters. The van der Waals surface area contributed by atoms with E-state index in [1.165, 1.54) is 5.56 Å². The van der Waals surface area contributed by atoms with Gasteiger partial charge in [0, 0.05) is 8.90 Å². The van der Waals surface area contributed by atoms with Crippen molar-refractivity contribution in [3.63, 3.8) is 0 Å². The number of benzene rings is 2. The van der Waals surface area contributed by atoms with Crippen LogP contribution < -0.4 is 4.74 Å². The van der Waals surface area contributed by atoms with Crippen LogP contribution >= 0.6 is 38.5 Å². The monoisotopic (exact) mass is 446 g/mol. The molecule has 0 fully saturated rings. The van der Waals surface area contributed by atoms with Gasteiger partial charge in [0.25, 0.3) is 0 Å². The van der Waals surface area contributed by atoms with Gasteiger partial charge in [0.05, 0.1) is 12.7 Å². The Morgan fingerprint density at radius 1 is 0.950 bits per heavy atom. The van der Waals surface area contributed by atoms with Crippen LogP contribution in [0.5, 0.6) is 5.75 Å². The number of halogens is 2. The molecule has 2 aromatic carbocycles. The molecule has 0 aliphatic carbocycles. The van der Waals surface area contributed by atoms with Crippen LogP contribution in [-0.2, 0) is 4.74 Å². The van der Waals surface area contributed by atoms with Crippen molar-refractivity contribution in [1.82, 2.24) is 0 Å². The zero-order chi connectivity index (χ0) is 14.2. The minimum Gasteiger partial charge on any atom is -0.491 e. The molecule has 0 amide bonds. The van der Waals surface area contributed by atoms with Crippen molar-refractivity contribution >= 4 is 38.5 Å². The Morgan fingerprint density at radius 2 is 1.65 bits per heavy atom. The topological polar surface area (TPSA) is 18.5 Å². The van der Waals surface area contributed by atoms with Gasteiger partial charge in [-0.1, -0.05) is 68.9 Å². The number of rotatable bonds is 7. The minimum absolute atomic E-state index is 0.114. The maximum atomic E-state index is 5.89. The molecule has 0 spiro atoms. The smallest absolute Gasteiger partial charge is 0.119 e. The molecule has 0 heterocycles. The van der Waals surface area contributed by atoms with Crippen molar-refractivity contribution in [3.8, 4) is 5.75 Å². The molecule has 0 aromatic heterocycles. The second-order valence-corrected chi connectivity index (χ2v) is 6.02.